The summed E-state index contributed by atoms with van der Waals surface area (Å²) in [5, 5.41) is 0. The van der Waals surface area contributed by atoms with Crippen molar-refractivity contribution in [2.75, 3.05) is 22.2 Å². The van der Waals surface area contributed by atoms with Gasteiger partial charge in [0.2, 0.25) is 5.91 Å². The summed E-state index contributed by atoms with van der Waals surface area (Å²) in [6.45, 7) is 4.34. The molecule has 1 aliphatic rings. The number of nitrogens with zero attached hydrogens (tertiary/aromatic N) is 1. The summed E-state index contributed by atoms with van der Waals surface area (Å²) in [4.78, 5) is 14.7. The van der Waals surface area contributed by atoms with Crippen LogP contribution in [0.15, 0.2) is 54.6 Å². The van der Waals surface area contributed by atoms with Crippen molar-refractivity contribution in [3.8, 4) is 0 Å². The molecule has 3 rings (SSSR count). The molecular formula is C22H27NO3S2. The lowest BCUT2D eigenvalue weighted by Crippen LogP contribution is -2.42. The first-order valence-corrected chi connectivity index (χ1v) is 12.6. The molecule has 0 unspecified atom stereocenters. The van der Waals surface area contributed by atoms with E-state index in [1.807, 2.05) is 30.3 Å². The van der Waals surface area contributed by atoms with Gasteiger partial charge in [0, 0.05) is 11.4 Å². The number of hydrogen-bond donors (Lipinski definition) is 0. The Hall–Kier alpha value is -1.79. The molecule has 0 saturated carbocycles. The fraction of sp³-hybridized carbons (Fsp3) is 0.409. The maximum atomic E-state index is 13.0. The zero-order valence-electron chi connectivity index (χ0n) is 16.4. The molecule has 0 spiro atoms. The molecule has 4 nitrogen and oxygen atoms in total. The van der Waals surface area contributed by atoms with Crippen molar-refractivity contribution in [1.82, 2.24) is 0 Å². The normalized spacial score (nSPS) is 18.3. The second-order valence-electron chi connectivity index (χ2n) is 7.55. The van der Waals surface area contributed by atoms with Crippen molar-refractivity contribution in [3.05, 3.63) is 65.7 Å². The Morgan fingerprint density at radius 2 is 1.79 bits per heavy atom. The van der Waals surface area contributed by atoms with Crippen molar-refractivity contribution >= 4 is 33.2 Å². The molecule has 0 N–H and O–H groups in total. The summed E-state index contributed by atoms with van der Waals surface area (Å²) in [7, 11) is -3.06. The zero-order valence-corrected chi connectivity index (χ0v) is 18.0. The Kier molecular flexibility index (Phi) is 6.83. The molecule has 1 aliphatic heterocycles. The first-order valence-electron chi connectivity index (χ1n) is 9.60. The van der Waals surface area contributed by atoms with E-state index < -0.39 is 9.84 Å². The second kappa shape index (κ2) is 9.14. The maximum Gasteiger partial charge on any atom is 0.237 e. The van der Waals surface area contributed by atoms with Crippen LogP contribution in [0.1, 0.15) is 37.3 Å². The monoisotopic (exact) mass is 417 g/mol. The zero-order chi connectivity index (χ0) is 20.1. The maximum absolute atomic E-state index is 13.0. The van der Waals surface area contributed by atoms with Gasteiger partial charge in [-0.15, -0.1) is 11.8 Å². The number of benzene rings is 2. The minimum Gasteiger partial charge on any atom is -0.308 e. The van der Waals surface area contributed by atoms with Gasteiger partial charge in [0.05, 0.1) is 23.3 Å². The van der Waals surface area contributed by atoms with Gasteiger partial charge in [-0.1, -0.05) is 56.3 Å². The average Bonchev–Trinajstić information content (AvgIpc) is 3.02. The second-order valence-corrected chi connectivity index (χ2v) is 10.8. The SMILES string of the molecule is CC(C)c1ccc(CSCC(=O)N(c2ccccc2)[C@@H]2CCS(=O)(=O)C2)cc1. The van der Waals surface area contributed by atoms with Gasteiger partial charge in [0.15, 0.2) is 9.84 Å². The van der Waals surface area contributed by atoms with Crippen LogP contribution in [0.4, 0.5) is 5.69 Å². The fourth-order valence-corrected chi connectivity index (χ4v) is 5.99. The highest BCUT2D eigenvalue weighted by Gasteiger charge is 2.35. The number of carbonyl (C=O) groups excluding carboxylic acids is 1. The fourth-order valence-electron chi connectivity index (χ4n) is 3.45. The van der Waals surface area contributed by atoms with Crippen molar-refractivity contribution < 1.29 is 13.2 Å². The summed E-state index contributed by atoms with van der Waals surface area (Å²) in [5.74, 6) is 1.77. The third kappa shape index (κ3) is 5.39. The van der Waals surface area contributed by atoms with Crippen LogP contribution in [0.5, 0.6) is 0 Å². The first-order chi connectivity index (χ1) is 13.4. The van der Waals surface area contributed by atoms with Crippen molar-refractivity contribution in [1.29, 1.82) is 0 Å². The van der Waals surface area contributed by atoms with Crippen LogP contribution in [0.2, 0.25) is 0 Å². The molecule has 2 aromatic carbocycles. The topological polar surface area (TPSA) is 54.5 Å². The van der Waals surface area contributed by atoms with Gasteiger partial charge in [-0.2, -0.15) is 0 Å². The highest BCUT2D eigenvalue weighted by atomic mass is 32.2. The van der Waals surface area contributed by atoms with E-state index >= 15 is 0 Å². The molecule has 0 bridgehead atoms. The number of sulfone groups is 1. The van der Waals surface area contributed by atoms with Crippen molar-refractivity contribution in [2.24, 2.45) is 0 Å². The van der Waals surface area contributed by atoms with E-state index in [1.54, 1.807) is 16.7 Å². The van der Waals surface area contributed by atoms with Crippen LogP contribution in [-0.4, -0.2) is 37.6 Å². The molecule has 1 heterocycles. The minimum atomic E-state index is -3.06. The largest absolute Gasteiger partial charge is 0.308 e. The molecule has 1 saturated heterocycles. The van der Waals surface area contributed by atoms with Gasteiger partial charge in [-0.3, -0.25) is 4.79 Å². The Bertz CT molecular complexity index is 893. The van der Waals surface area contributed by atoms with E-state index in [-0.39, 0.29) is 23.5 Å². The molecule has 1 fully saturated rings. The summed E-state index contributed by atoms with van der Waals surface area (Å²) >= 11 is 1.57. The van der Waals surface area contributed by atoms with Crippen molar-refractivity contribution in [2.45, 2.75) is 38.0 Å². The van der Waals surface area contributed by atoms with E-state index in [9.17, 15) is 13.2 Å². The Labute approximate surface area is 172 Å². The molecule has 28 heavy (non-hydrogen) atoms. The number of para-hydroxylation sites is 1. The molecule has 150 valence electrons. The predicted octanol–water partition coefficient (Wildman–Crippen LogP) is 4.26. The Morgan fingerprint density at radius 1 is 1.11 bits per heavy atom. The highest BCUT2D eigenvalue weighted by Crippen LogP contribution is 2.26. The number of carbonyl (C=O) groups is 1. The summed E-state index contributed by atoms with van der Waals surface area (Å²) in [6, 6.07) is 17.6. The van der Waals surface area contributed by atoms with E-state index in [1.165, 1.54) is 11.1 Å². The lowest BCUT2D eigenvalue weighted by Gasteiger charge is -2.28. The summed E-state index contributed by atoms with van der Waals surface area (Å²) in [5.41, 5.74) is 3.27. The predicted molar refractivity (Wildman–Crippen MR) is 118 cm³/mol. The van der Waals surface area contributed by atoms with Crippen LogP contribution < -0.4 is 4.90 Å². The van der Waals surface area contributed by atoms with Gasteiger partial charge in [0.25, 0.3) is 0 Å². The standard InChI is InChI=1S/C22H27NO3S2/c1-17(2)19-10-8-18(9-11-19)14-27-15-22(24)23(20-6-4-3-5-7-20)21-12-13-28(25,26)16-21/h3-11,17,21H,12-16H2,1-2H3/t21-/m1/s1. The lowest BCUT2D eigenvalue weighted by molar-refractivity contribution is -0.116. The van der Waals surface area contributed by atoms with Crippen molar-refractivity contribution in [3.63, 3.8) is 0 Å². The van der Waals surface area contributed by atoms with Crippen LogP contribution in [-0.2, 0) is 20.4 Å². The van der Waals surface area contributed by atoms with E-state index in [0.29, 0.717) is 18.1 Å². The summed E-state index contributed by atoms with van der Waals surface area (Å²) < 4.78 is 23.9. The van der Waals surface area contributed by atoms with Crippen LogP contribution in [0.25, 0.3) is 0 Å². The van der Waals surface area contributed by atoms with Gasteiger partial charge in [-0.25, -0.2) is 8.42 Å². The molecule has 0 aromatic heterocycles. The number of anilines is 1. The number of thioether (sulfide) groups is 1. The van der Waals surface area contributed by atoms with E-state index in [4.69, 9.17) is 0 Å². The van der Waals surface area contributed by atoms with Gasteiger partial charge >= 0.3 is 0 Å². The quantitative estimate of drug-likeness (QED) is 0.675. The third-order valence-electron chi connectivity index (χ3n) is 5.02. The van der Waals surface area contributed by atoms with Gasteiger partial charge in [-0.05, 0) is 35.6 Å². The van der Waals surface area contributed by atoms with Crippen LogP contribution >= 0.6 is 11.8 Å². The first kappa shape index (κ1) is 20.9. The molecular weight excluding hydrogens is 390 g/mol. The van der Waals surface area contributed by atoms with E-state index in [0.717, 1.165) is 11.4 Å². The smallest absolute Gasteiger partial charge is 0.237 e. The molecule has 0 aliphatic carbocycles. The number of hydrogen-bond acceptors (Lipinski definition) is 4. The molecule has 2 aromatic rings. The average molecular weight is 418 g/mol. The molecule has 1 amide bonds. The number of rotatable bonds is 7. The third-order valence-corrected chi connectivity index (χ3v) is 7.76. The number of amides is 1. The van der Waals surface area contributed by atoms with Gasteiger partial charge in [0.1, 0.15) is 0 Å². The minimum absolute atomic E-state index is 0.0305. The Morgan fingerprint density at radius 3 is 2.36 bits per heavy atom. The van der Waals surface area contributed by atoms with Gasteiger partial charge < -0.3 is 4.90 Å². The van der Waals surface area contributed by atoms with Crippen LogP contribution in [0, 0.1) is 0 Å². The molecule has 0 radical (unpaired) electrons. The van der Waals surface area contributed by atoms with Crippen LogP contribution in [0.3, 0.4) is 0 Å². The molecule has 6 heteroatoms. The Balaban J connectivity index is 1.65. The summed E-state index contributed by atoms with van der Waals surface area (Å²) in [6.07, 6.45) is 0.504. The lowest BCUT2D eigenvalue weighted by atomic mass is 10.0. The van der Waals surface area contributed by atoms with E-state index in [2.05, 4.69) is 38.1 Å². The molecule has 1 atom stereocenters. The highest BCUT2D eigenvalue weighted by molar-refractivity contribution is 7.99.